The van der Waals surface area contributed by atoms with Crippen molar-refractivity contribution in [3.63, 3.8) is 0 Å². The van der Waals surface area contributed by atoms with E-state index in [0.717, 1.165) is 25.8 Å². The summed E-state index contributed by atoms with van der Waals surface area (Å²) in [4.78, 5) is 0. The van der Waals surface area contributed by atoms with Crippen LogP contribution in [0.1, 0.15) is 19.3 Å². The number of nitrogens with one attached hydrogen (secondary N) is 1. The first kappa shape index (κ1) is 6.35. The number of hydrogen-bond acceptors (Lipinski definition) is 1. The fraction of sp³-hybridized carbons (Fsp3) is 0.750. The molecule has 0 spiro atoms. The smallest absolute Gasteiger partial charge is 0.116 e. The Morgan fingerprint density at radius 2 is 2.10 bits per heavy atom. The maximum absolute atomic E-state index is 12.9. The third kappa shape index (κ3) is 0.655. The minimum Gasteiger partial charge on any atom is -0.307 e. The molecule has 0 saturated heterocycles. The molecule has 1 N–H and O–H groups in total. The van der Waals surface area contributed by atoms with Gasteiger partial charge in [-0.3, -0.25) is 0 Å². The van der Waals surface area contributed by atoms with Gasteiger partial charge in [0, 0.05) is 12.1 Å². The predicted octanol–water partition coefficient (Wildman–Crippen LogP) is 1.41. The SMILES string of the molecule is C=CCNC12CC(F)(C1)C2. The molecule has 2 bridgehead atoms. The number of hydrogen-bond donors (Lipinski definition) is 1. The standard InChI is InChI=1S/C8H12FN/c1-2-3-10-8-4-7(9,5-8)6-8/h2,10H,1,3-6H2. The molecule has 0 aliphatic heterocycles. The molecular formula is C8H12FN. The highest BCUT2D eigenvalue weighted by Gasteiger charge is 2.68. The van der Waals surface area contributed by atoms with E-state index in [0.29, 0.717) is 0 Å². The normalized spacial score (nSPS) is 49.3. The van der Waals surface area contributed by atoms with Crippen LogP contribution in [0.4, 0.5) is 4.39 Å². The van der Waals surface area contributed by atoms with Crippen molar-refractivity contribution in [1.82, 2.24) is 5.32 Å². The van der Waals surface area contributed by atoms with E-state index in [1.165, 1.54) is 0 Å². The molecule has 3 aliphatic rings. The zero-order valence-corrected chi connectivity index (χ0v) is 5.99. The summed E-state index contributed by atoms with van der Waals surface area (Å²) >= 11 is 0. The molecule has 2 heteroatoms. The highest BCUT2D eigenvalue weighted by atomic mass is 19.1. The lowest BCUT2D eigenvalue weighted by Gasteiger charge is -2.66. The molecule has 56 valence electrons. The van der Waals surface area contributed by atoms with Gasteiger partial charge < -0.3 is 5.32 Å². The molecule has 0 unspecified atom stereocenters. The molecule has 3 saturated carbocycles. The summed E-state index contributed by atoms with van der Waals surface area (Å²) in [5.41, 5.74) is -0.586. The van der Waals surface area contributed by atoms with Crippen molar-refractivity contribution in [3.8, 4) is 0 Å². The van der Waals surface area contributed by atoms with Gasteiger partial charge in [-0.2, -0.15) is 0 Å². The molecule has 3 rings (SSSR count). The monoisotopic (exact) mass is 141 g/mol. The van der Waals surface area contributed by atoms with Gasteiger partial charge in [-0.05, 0) is 19.3 Å². The summed E-state index contributed by atoms with van der Waals surface area (Å²) in [7, 11) is 0. The highest BCUT2D eigenvalue weighted by Crippen LogP contribution is 2.62. The van der Waals surface area contributed by atoms with Crippen LogP contribution in [0.15, 0.2) is 12.7 Å². The molecular weight excluding hydrogens is 129 g/mol. The van der Waals surface area contributed by atoms with E-state index in [1.54, 1.807) is 0 Å². The second kappa shape index (κ2) is 1.62. The van der Waals surface area contributed by atoms with Gasteiger partial charge in [0.05, 0.1) is 0 Å². The quantitative estimate of drug-likeness (QED) is 0.586. The number of halogens is 1. The van der Waals surface area contributed by atoms with E-state index in [1.807, 2.05) is 6.08 Å². The van der Waals surface area contributed by atoms with Crippen molar-refractivity contribution in [3.05, 3.63) is 12.7 Å². The summed E-state index contributed by atoms with van der Waals surface area (Å²) in [6.07, 6.45) is 4.01. The molecule has 10 heavy (non-hydrogen) atoms. The highest BCUT2D eigenvalue weighted by molar-refractivity contribution is 5.25. The van der Waals surface area contributed by atoms with Crippen molar-refractivity contribution >= 4 is 0 Å². The second-order valence-corrected chi connectivity index (χ2v) is 3.63. The molecule has 0 aromatic carbocycles. The third-order valence-electron chi connectivity index (χ3n) is 2.59. The van der Waals surface area contributed by atoms with Crippen LogP contribution in [-0.4, -0.2) is 17.8 Å². The van der Waals surface area contributed by atoms with Crippen molar-refractivity contribution in [2.45, 2.75) is 30.5 Å². The van der Waals surface area contributed by atoms with Crippen LogP contribution < -0.4 is 5.32 Å². The van der Waals surface area contributed by atoms with Gasteiger partial charge in [0.25, 0.3) is 0 Å². The van der Waals surface area contributed by atoms with Gasteiger partial charge in [0.2, 0.25) is 0 Å². The lowest BCUT2D eigenvalue weighted by atomic mass is 9.47. The van der Waals surface area contributed by atoms with E-state index >= 15 is 0 Å². The molecule has 0 amide bonds. The Balaban J connectivity index is 1.82. The number of rotatable bonds is 3. The third-order valence-corrected chi connectivity index (χ3v) is 2.59. The van der Waals surface area contributed by atoms with E-state index in [-0.39, 0.29) is 5.54 Å². The van der Waals surface area contributed by atoms with Crippen molar-refractivity contribution in [2.75, 3.05) is 6.54 Å². The van der Waals surface area contributed by atoms with E-state index < -0.39 is 5.67 Å². The minimum absolute atomic E-state index is 0.183. The van der Waals surface area contributed by atoms with Crippen LogP contribution >= 0.6 is 0 Å². The molecule has 3 aliphatic carbocycles. The summed E-state index contributed by atoms with van der Waals surface area (Å²) in [5.74, 6) is 0. The van der Waals surface area contributed by atoms with Crippen LogP contribution in [0.3, 0.4) is 0 Å². The van der Waals surface area contributed by atoms with Crippen molar-refractivity contribution in [2.24, 2.45) is 0 Å². The van der Waals surface area contributed by atoms with Crippen molar-refractivity contribution < 1.29 is 4.39 Å². The summed E-state index contributed by atoms with van der Waals surface area (Å²) in [6, 6.07) is 0. The summed E-state index contributed by atoms with van der Waals surface area (Å²) in [5, 5.41) is 3.28. The van der Waals surface area contributed by atoms with E-state index in [2.05, 4.69) is 11.9 Å². The second-order valence-electron chi connectivity index (χ2n) is 3.63. The Bertz CT molecular complexity index is 156. The van der Waals surface area contributed by atoms with E-state index in [9.17, 15) is 4.39 Å². The fourth-order valence-corrected chi connectivity index (χ4v) is 2.14. The Morgan fingerprint density at radius 3 is 2.50 bits per heavy atom. The van der Waals surface area contributed by atoms with Gasteiger partial charge in [-0.1, -0.05) is 6.08 Å². The first-order valence-electron chi connectivity index (χ1n) is 3.73. The van der Waals surface area contributed by atoms with Gasteiger partial charge in [-0.25, -0.2) is 4.39 Å². The lowest BCUT2D eigenvalue weighted by molar-refractivity contribution is -0.167. The Hall–Kier alpha value is -0.370. The average molecular weight is 141 g/mol. The summed E-state index contributed by atoms with van der Waals surface area (Å²) < 4.78 is 12.9. The van der Waals surface area contributed by atoms with Crippen LogP contribution in [0.2, 0.25) is 0 Å². The number of alkyl halides is 1. The molecule has 3 fully saturated rings. The Morgan fingerprint density at radius 1 is 1.50 bits per heavy atom. The zero-order valence-electron chi connectivity index (χ0n) is 5.99. The maximum Gasteiger partial charge on any atom is 0.116 e. The van der Waals surface area contributed by atoms with Gasteiger partial charge >= 0.3 is 0 Å². The molecule has 0 atom stereocenters. The van der Waals surface area contributed by atoms with Crippen LogP contribution in [-0.2, 0) is 0 Å². The molecule has 0 heterocycles. The molecule has 0 aromatic rings. The van der Waals surface area contributed by atoms with Crippen LogP contribution in [0.25, 0.3) is 0 Å². The molecule has 0 radical (unpaired) electrons. The zero-order chi connectivity index (χ0) is 7.24. The van der Waals surface area contributed by atoms with Crippen LogP contribution in [0, 0.1) is 0 Å². The van der Waals surface area contributed by atoms with Crippen molar-refractivity contribution in [1.29, 1.82) is 0 Å². The first-order valence-corrected chi connectivity index (χ1v) is 3.73. The van der Waals surface area contributed by atoms with E-state index in [4.69, 9.17) is 0 Å². The van der Waals surface area contributed by atoms with Crippen LogP contribution in [0.5, 0.6) is 0 Å². The predicted molar refractivity (Wildman–Crippen MR) is 38.6 cm³/mol. The summed E-state index contributed by atoms with van der Waals surface area (Å²) in [6.45, 7) is 4.42. The molecule has 0 aromatic heterocycles. The Labute approximate surface area is 60.3 Å². The fourth-order valence-electron chi connectivity index (χ4n) is 2.14. The topological polar surface area (TPSA) is 12.0 Å². The largest absolute Gasteiger partial charge is 0.307 e. The van der Waals surface area contributed by atoms with Gasteiger partial charge in [0.15, 0.2) is 0 Å². The average Bonchev–Trinajstić information content (AvgIpc) is 1.75. The van der Waals surface area contributed by atoms with Gasteiger partial charge in [-0.15, -0.1) is 6.58 Å². The lowest BCUT2D eigenvalue weighted by Crippen LogP contribution is -2.76. The minimum atomic E-state index is -0.770. The first-order chi connectivity index (χ1) is 4.68. The van der Waals surface area contributed by atoms with Gasteiger partial charge in [0.1, 0.15) is 5.67 Å². The molecule has 1 nitrogen and oxygen atoms in total. The Kier molecular flexibility index (Phi) is 1.03. The maximum atomic E-state index is 12.9.